The molecule has 116 valence electrons. The molecule has 0 fully saturated rings. The number of rotatable bonds is 6. The Morgan fingerprint density at radius 2 is 1.86 bits per heavy atom. The van der Waals surface area contributed by atoms with Crippen LogP contribution in [0.5, 0.6) is 0 Å². The van der Waals surface area contributed by atoms with Crippen LogP contribution in [0.4, 0.5) is 5.69 Å². The molecule has 1 aromatic heterocycles. The number of anilines is 1. The summed E-state index contributed by atoms with van der Waals surface area (Å²) in [5.41, 5.74) is 0.688. The maximum absolute atomic E-state index is 11.9. The van der Waals surface area contributed by atoms with Crippen molar-refractivity contribution >= 4 is 38.8 Å². The number of Topliss-reactive ketones (excluding diaryl/α,β-unsaturated/α-hetero) is 1. The molecule has 0 aliphatic rings. The van der Waals surface area contributed by atoms with Crippen LogP contribution in [0.1, 0.15) is 20.0 Å². The fraction of sp³-hybridized carbons (Fsp3) is 0.143. The fourth-order valence-electron chi connectivity index (χ4n) is 1.62. The molecule has 0 amide bonds. The van der Waals surface area contributed by atoms with E-state index in [2.05, 4.69) is 4.72 Å². The normalized spacial score (nSPS) is 11.0. The number of nitrogens with one attached hydrogen (secondary N) is 1. The Hall–Kier alpha value is -2.19. The Morgan fingerprint density at radius 1 is 1.18 bits per heavy atom. The molecule has 0 aliphatic heterocycles. The zero-order valence-corrected chi connectivity index (χ0v) is 13.2. The maximum atomic E-state index is 11.9. The summed E-state index contributed by atoms with van der Waals surface area (Å²) in [6.45, 7) is -0.365. The van der Waals surface area contributed by atoms with Crippen molar-refractivity contribution in [2.45, 2.75) is 0 Å². The molecule has 2 aromatic rings. The lowest BCUT2D eigenvalue weighted by Crippen LogP contribution is -2.14. The summed E-state index contributed by atoms with van der Waals surface area (Å²) in [6, 6.07) is 9.20. The number of sulfonamides is 1. The second-order valence-electron chi connectivity index (χ2n) is 4.43. The Balaban J connectivity index is 1.94. The Labute approximate surface area is 131 Å². The number of thiophene rings is 1. The number of carbonyl (C=O) groups is 2. The third-order valence-electron chi connectivity index (χ3n) is 2.57. The highest BCUT2D eigenvalue weighted by Gasteiger charge is 2.12. The number of ketones is 1. The minimum atomic E-state index is -3.36. The van der Waals surface area contributed by atoms with E-state index in [1.165, 1.54) is 35.6 Å². The van der Waals surface area contributed by atoms with Crippen LogP contribution >= 0.6 is 11.3 Å². The monoisotopic (exact) mass is 339 g/mol. The van der Waals surface area contributed by atoms with Crippen LogP contribution in [0.25, 0.3) is 0 Å². The van der Waals surface area contributed by atoms with E-state index in [9.17, 15) is 18.0 Å². The summed E-state index contributed by atoms with van der Waals surface area (Å²) in [5.74, 6) is -0.908. The van der Waals surface area contributed by atoms with Crippen molar-refractivity contribution in [2.24, 2.45) is 0 Å². The van der Waals surface area contributed by atoms with Crippen LogP contribution in [0.3, 0.4) is 0 Å². The van der Waals surface area contributed by atoms with E-state index in [0.717, 1.165) is 6.26 Å². The first-order chi connectivity index (χ1) is 10.3. The molecule has 0 saturated carbocycles. The van der Waals surface area contributed by atoms with Gasteiger partial charge in [-0.05, 0) is 35.7 Å². The van der Waals surface area contributed by atoms with Gasteiger partial charge in [-0.25, -0.2) is 13.2 Å². The molecule has 0 aliphatic carbocycles. The molecule has 8 heteroatoms. The lowest BCUT2D eigenvalue weighted by Gasteiger charge is -2.06. The van der Waals surface area contributed by atoms with E-state index >= 15 is 0 Å². The number of benzene rings is 1. The molecule has 0 unspecified atom stereocenters. The summed E-state index contributed by atoms with van der Waals surface area (Å²) >= 11 is 1.23. The molecule has 0 atom stereocenters. The second kappa shape index (κ2) is 6.71. The molecule has 0 spiro atoms. The van der Waals surface area contributed by atoms with E-state index in [1.807, 2.05) is 0 Å². The molecular formula is C14H13NO5S2. The van der Waals surface area contributed by atoms with Crippen molar-refractivity contribution in [3.63, 3.8) is 0 Å². The van der Waals surface area contributed by atoms with Crippen LogP contribution < -0.4 is 4.72 Å². The van der Waals surface area contributed by atoms with Gasteiger partial charge in [0, 0.05) is 11.3 Å². The van der Waals surface area contributed by atoms with Crippen molar-refractivity contribution in [3.05, 3.63) is 52.2 Å². The number of ether oxygens (including phenoxy) is 1. The summed E-state index contributed by atoms with van der Waals surface area (Å²) in [7, 11) is -3.36. The Morgan fingerprint density at radius 3 is 2.41 bits per heavy atom. The Kier molecular flexibility index (Phi) is 4.94. The van der Waals surface area contributed by atoms with E-state index in [4.69, 9.17) is 4.74 Å². The van der Waals surface area contributed by atoms with Crippen molar-refractivity contribution in [3.8, 4) is 0 Å². The van der Waals surface area contributed by atoms with Gasteiger partial charge in [0.05, 0.1) is 6.26 Å². The van der Waals surface area contributed by atoms with Gasteiger partial charge in [0.1, 0.15) is 4.88 Å². The van der Waals surface area contributed by atoms with Gasteiger partial charge < -0.3 is 4.74 Å². The topological polar surface area (TPSA) is 89.5 Å². The largest absolute Gasteiger partial charge is 0.453 e. The Bertz CT molecular complexity index is 764. The highest BCUT2D eigenvalue weighted by atomic mass is 32.2. The molecule has 0 bridgehead atoms. The predicted octanol–water partition coefficient (Wildman–Crippen LogP) is 2.16. The van der Waals surface area contributed by atoms with Gasteiger partial charge in [0.15, 0.2) is 12.4 Å². The van der Waals surface area contributed by atoms with Crippen molar-refractivity contribution in [1.29, 1.82) is 0 Å². The quantitative estimate of drug-likeness (QED) is 0.643. The van der Waals surface area contributed by atoms with Gasteiger partial charge in [-0.2, -0.15) is 0 Å². The smallest absolute Gasteiger partial charge is 0.348 e. The van der Waals surface area contributed by atoms with Crippen LogP contribution in [-0.4, -0.2) is 33.0 Å². The first-order valence-electron chi connectivity index (χ1n) is 6.17. The molecule has 0 saturated heterocycles. The predicted molar refractivity (Wildman–Crippen MR) is 83.8 cm³/mol. The lowest BCUT2D eigenvalue weighted by atomic mass is 10.1. The van der Waals surface area contributed by atoms with E-state index in [0.29, 0.717) is 16.1 Å². The molecule has 1 aromatic carbocycles. The number of hydrogen-bond acceptors (Lipinski definition) is 6. The molecular weight excluding hydrogens is 326 g/mol. The van der Waals surface area contributed by atoms with Crippen molar-refractivity contribution in [2.75, 3.05) is 17.6 Å². The fourth-order valence-corrected chi connectivity index (χ4v) is 2.80. The van der Waals surface area contributed by atoms with E-state index in [-0.39, 0.29) is 12.4 Å². The third kappa shape index (κ3) is 4.68. The molecule has 1 N–H and O–H groups in total. The van der Waals surface area contributed by atoms with Crippen LogP contribution in [0.15, 0.2) is 41.8 Å². The van der Waals surface area contributed by atoms with Crippen LogP contribution in [0, 0.1) is 0 Å². The standard InChI is InChI=1S/C14H13NO5S2/c1-22(18,19)15-11-6-4-10(5-7-11)12(16)9-20-14(17)13-3-2-8-21-13/h2-8,15H,9H2,1H3. The van der Waals surface area contributed by atoms with Gasteiger partial charge in [0.2, 0.25) is 10.0 Å². The van der Waals surface area contributed by atoms with Gasteiger partial charge in [-0.1, -0.05) is 6.07 Å². The summed E-state index contributed by atoms with van der Waals surface area (Å²) < 4.78 is 29.4. The molecule has 1 heterocycles. The average molecular weight is 339 g/mol. The maximum Gasteiger partial charge on any atom is 0.348 e. The SMILES string of the molecule is CS(=O)(=O)Nc1ccc(C(=O)COC(=O)c2cccs2)cc1. The molecule has 22 heavy (non-hydrogen) atoms. The number of hydrogen-bond donors (Lipinski definition) is 1. The third-order valence-corrected chi connectivity index (χ3v) is 4.02. The van der Waals surface area contributed by atoms with E-state index in [1.54, 1.807) is 17.5 Å². The highest BCUT2D eigenvalue weighted by molar-refractivity contribution is 7.92. The van der Waals surface area contributed by atoms with Gasteiger partial charge in [-0.15, -0.1) is 11.3 Å². The van der Waals surface area contributed by atoms with Crippen molar-refractivity contribution < 1.29 is 22.7 Å². The second-order valence-corrected chi connectivity index (χ2v) is 7.12. The van der Waals surface area contributed by atoms with Gasteiger partial charge >= 0.3 is 5.97 Å². The molecule has 0 radical (unpaired) electrons. The zero-order chi connectivity index (χ0) is 16.2. The zero-order valence-electron chi connectivity index (χ0n) is 11.6. The average Bonchev–Trinajstić information content (AvgIpc) is 2.97. The minimum absolute atomic E-state index is 0.332. The van der Waals surface area contributed by atoms with Crippen LogP contribution in [-0.2, 0) is 14.8 Å². The lowest BCUT2D eigenvalue weighted by molar-refractivity contribution is 0.0479. The first-order valence-corrected chi connectivity index (χ1v) is 8.94. The molecule has 6 nitrogen and oxygen atoms in total. The summed E-state index contributed by atoms with van der Waals surface area (Å²) in [5, 5.41) is 1.74. The van der Waals surface area contributed by atoms with Crippen molar-refractivity contribution in [1.82, 2.24) is 0 Å². The van der Waals surface area contributed by atoms with Crippen LogP contribution in [0.2, 0.25) is 0 Å². The number of esters is 1. The minimum Gasteiger partial charge on any atom is -0.453 e. The van der Waals surface area contributed by atoms with Gasteiger partial charge in [-0.3, -0.25) is 9.52 Å². The van der Waals surface area contributed by atoms with Gasteiger partial charge in [0.25, 0.3) is 0 Å². The number of carbonyl (C=O) groups excluding carboxylic acids is 2. The summed E-state index contributed by atoms with van der Waals surface area (Å²) in [6.07, 6.45) is 1.04. The molecule has 2 rings (SSSR count). The van der Waals surface area contributed by atoms with E-state index < -0.39 is 16.0 Å². The first kappa shape index (κ1) is 16.2. The summed E-state index contributed by atoms with van der Waals surface area (Å²) in [4.78, 5) is 23.9. The highest BCUT2D eigenvalue weighted by Crippen LogP contribution is 2.13.